The molecule has 3 rings (SSSR count). The third kappa shape index (κ3) is 4.16. The normalized spacial score (nSPS) is 20.3. The fourth-order valence-electron chi connectivity index (χ4n) is 2.79. The maximum atomic E-state index is 11.4. The molecule has 0 radical (unpaired) electrons. The number of aromatic nitrogens is 2. The fraction of sp³-hybridized carbons (Fsp3) is 0.500. The highest BCUT2D eigenvalue weighted by molar-refractivity contribution is 7.88. The first kappa shape index (κ1) is 15.7. The first-order valence-electron chi connectivity index (χ1n) is 7.25. The Balaban J connectivity index is 1.61. The molecule has 0 saturated carbocycles. The highest BCUT2D eigenvalue weighted by atomic mass is 32.2. The van der Waals surface area contributed by atoms with E-state index in [9.17, 15) is 8.42 Å². The van der Waals surface area contributed by atoms with E-state index < -0.39 is 10.0 Å². The molecule has 1 aliphatic heterocycles. The van der Waals surface area contributed by atoms with Crippen molar-refractivity contribution in [3.63, 3.8) is 0 Å². The molecule has 0 aliphatic carbocycles. The SMILES string of the molecule is CS(=O)(=O)NC1CCCN(Cn2ccc(-c3ccsc3)n2)C1. The van der Waals surface area contributed by atoms with Crippen molar-refractivity contribution in [1.29, 1.82) is 0 Å². The molecule has 1 unspecified atom stereocenters. The van der Waals surface area contributed by atoms with Crippen LogP contribution >= 0.6 is 11.3 Å². The Bertz CT molecular complexity index is 709. The summed E-state index contributed by atoms with van der Waals surface area (Å²) in [5.41, 5.74) is 2.11. The molecule has 0 bridgehead atoms. The summed E-state index contributed by atoms with van der Waals surface area (Å²) >= 11 is 1.66. The van der Waals surface area contributed by atoms with Gasteiger partial charge in [0, 0.05) is 36.3 Å². The van der Waals surface area contributed by atoms with E-state index in [-0.39, 0.29) is 6.04 Å². The van der Waals surface area contributed by atoms with Crippen LogP contribution in [0.5, 0.6) is 0 Å². The molecule has 0 aromatic carbocycles. The second kappa shape index (κ2) is 6.49. The molecule has 2 aromatic heterocycles. The van der Waals surface area contributed by atoms with Gasteiger partial charge in [-0.05, 0) is 30.4 Å². The van der Waals surface area contributed by atoms with Gasteiger partial charge in [-0.3, -0.25) is 9.58 Å². The molecular weight excluding hydrogens is 320 g/mol. The van der Waals surface area contributed by atoms with Crippen molar-refractivity contribution in [3.8, 4) is 11.3 Å². The Morgan fingerprint density at radius 1 is 1.45 bits per heavy atom. The van der Waals surface area contributed by atoms with Gasteiger partial charge in [-0.25, -0.2) is 13.1 Å². The minimum Gasteiger partial charge on any atom is -0.283 e. The molecule has 1 atom stereocenters. The van der Waals surface area contributed by atoms with Gasteiger partial charge in [0.05, 0.1) is 18.6 Å². The number of rotatable bonds is 5. The zero-order valence-electron chi connectivity index (χ0n) is 12.5. The quantitative estimate of drug-likeness (QED) is 0.897. The molecule has 3 heterocycles. The number of nitrogens with zero attached hydrogens (tertiary/aromatic N) is 3. The maximum absolute atomic E-state index is 11.4. The Labute approximate surface area is 134 Å². The van der Waals surface area contributed by atoms with Crippen molar-refractivity contribution in [2.24, 2.45) is 0 Å². The summed E-state index contributed by atoms with van der Waals surface area (Å²) in [6, 6.07) is 4.07. The lowest BCUT2D eigenvalue weighted by Gasteiger charge is -2.32. The third-order valence-corrected chi connectivity index (χ3v) is 5.13. The summed E-state index contributed by atoms with van der Waals surface area (Å²) in [6.07, 6.45) is 5.07. The number of hydrogen-bond acceptors (Lipinski definition) is 5. The third-order valence-electron chi connectivity index (χ3n) is 3.69. The highest BCUT2D eigenvalue weighted by Crippen LogP contribution is 2.20. The number of nitrogens with one attached hydrogen (secondary N) is 1. The second-order valence-corrected chi connectivity index (χ2v) is 8.26. The molecular formula is C14H20N4O2S2. The molecule has 22 heavy (non-hydrogen) atoms. The van der Waals surface area contributed by atoms with Crippen LogP contribution in [0.3, 0.4) is 0 Å². The average Bonchev–Trinajstić information content (AvgIpc) is 3.07. The molecule has 120 valence electrons. The Morgan fingerprint density at radius 3 is 3.05 bits per heavy atom. The van der Waals surface area contributed by atoms with Crippen molar-refractivity contribution in [3.05, 3.63) is 29.1 Å². The molecule has 1 N–H and O–H groups in total. The van der Waals surface area contributed by atoms with Gasteiger partial charge in [-0.1, -0.05) is 0 Å². The molecule has 6 nitrogen and oxygen atoms in total. The van der Waals surface area contributed by atoms with Crippen molar-refractivity contribution in [2.45, 2.75) is 25.6 Å². The summed E-state index contributed by atoms with van der Waals surface area (Å²) in [5.74, 6) is 0. The van der Waals surface area contributed by atoms with Crippen LogP contribution < -0.4 is 4.72 Å². The standard InChI is InChI=1S/C14H20N4O2S2/c1-22(19,20)16-13-3-2-6-17(9-13)11-18-7-4-14(15-18)12-5-8-21-10-12/h4-5,7-8,10,13,16H,2-3,6,9,11H2,1H3. The Hall–Kier alpha value is -1.22. The van der Waals surface area contributed by atoms with Gasteiger partial charge >= 0.3 is 0 Å². The van der Waals surface area contributed by atoms with Crippen LogP contribution in [0.4, 0.5) is 0 Å². The van der Waals surface area contributed by atoms with E-state index in [1.54, 1.807) is 11.3 Å². The smallest absolute Gasteiger partial charge is 0.208 e. The van der Waals surface area contributed by atoms with Crippen LogP contribution in [0.15, 0.2) is 29.1 Å². The van der Waals surface area contributed by atoms with Crippen molar-refractivity contribution in [2.75, 3.05) is 19.3 Å². The lowest BCUT2D eigenvalue weighted by molar-refractivity contribution is 0.154. The van der Waals surface area contributed by atoms with Crippen LogP contribution in [0.2, 0.25) is 0 Å². The zero-order chi connectivity index (χ0) is 15.6. The van der Waals surface area contributed by atoms with E-state index in [1.165, 1.54) is 6.26 Å². The van der Waals surface area contributed by atoms with E-state index in [2.05, 4.69) is 26.2 Å². The van der Waals surface area contributed by atoms with Crippen molar-refractivity contribution in [1.82, 2.24) is 19.4 Å². The second-order valence-electron chi connectivity index (χ2n) is 5.70. The molecule has 0 spiro atoms. The van der Waals surface area contributed by atoms with Crippen molar-refractivity contribution < 1.29 is 8.42 Å². The molecule has 0 amide bonds. The van der Waals surface area contributed by atoms with E-state index in [4.69, 9.17) is 0 Å². The van der Waals surface area contributed by atoms with Crippen LogP contribution in [-0.2, 0) is 16.7 Å². The predicted molar refractivity (Wildman–Crippen MR) is 88.1 cm³/mol. The summed E-state index contributed by atoms with van der Waals surface area (Å²) in [4.78, 5) is 2.23. The molecule has 2 aromatic rings. The fourth-order valence-corrected chi connectivity index (χ4v) is 4.24. The van der Waals surface area contributed by atoms with Gasteiger partial charge in [0.2, 0.25) is 10.0 Å². The summed E-state index contributed by atoms with van der Waals surface area (Å²) < 4.78 is 27.3. The van der Waals surface area contributed by atoms with Gasteiger partial charge in [-0.15, -0.1) is 0 Å². The van der Waals surface area contributed by atoms with E-state index in [0.717, 1.165) is 37.2 Å². The van der Waals surface area contributed by atoms with E-state index in [1.807, 2.05) is 22.3 Å². The highest BCUT2D eigenvalue weighted by Gasteiger charge is 2.22. The summed E-state index contributed by atoms with van der Waals surface area (Å²) in [5, 5.41) is 8.71. The number of piperidine rings is 1. The van der Waals surface area contributed by atoms with Gasteiger partial charge in [0.1, 0.15) is 0 Å². The van der Waals surface area contributed by atoms with Crippen molar-refractivity contribution >= 4 is 21.4 Å². The number of likely N-dealkylation sites (tertiary alicyclic amines) is 1. The molecule has 1 aliphatic rings. The zero-order valence-corrected chi connectivity index (χ0v) is 14.1. The first-order valence-corrected chi connectivity index (χ1v) is 10.1. The Kier molecular flexibility index (Phi) is 4.62. The monoisotopic (exact) mass is 340 g/mol. The van der Waals surface area contributed by atoms with Gasteiger partial charge in [0.25, 0.3) is 0 Å². The number of hydrogen-bond donors (Lipinski definition) is 1. The van der Waals surface area contributed by atoms with Crippen LogP contribution in [0.25, 0.3) is 11.3 Å². The molecule has 8 heteroatoms. The maximum Gasteiger partial charge on any atom is 0.208 e. The van der Waals surface area contributed by atoms with Gasteiger partial charge < -0.3 is 0 Å². The number of thiophene rings is 1. The van der Waals surface area contributed by atoms with Crippen LogP contribution in [0, 0.1) is 0 Å². The molecule has 1 saturated heterocycles. The van der Waals surface area contributed by atoms with E-state index in [0.29, 0.717) is 6.67 Å². The topological polar surface area (TPSA) is 67.2 Å². The predicted octanol–water partition coefficient (Wildman–Crippen LogP) is 1.58. The minimum atomic E-state index is -3.14. The largest absolute Gasteiger partial charge is 0.283 e. The Morgan fingerprint density at radius 2 is 2.32 bits per heavy atom. The summed E-state index contributed by atoms with van der Waals surface area (Å²) in [6.45, 7) is 2.38. The summed E-state index contributed by atoms with van der Waals surface area (Å²) in [7, 11) is -3.14. The average molecular weight is 340 g/mol. The minimum absolute atomic E-state index is 0.00402. The van der Waals surface area contributed by atoms with Gasteiger partial charge in [-0.2, -0.15) is 16.4 Å². The van der Waals surface area contributed by atoms with Crippen LogP contribution in [-0.4, -0.2) is 48.5 Å². The molecule has 1 fully saturated rings. The lowest BCUT2D eigenvalue weighted by Crippen LogP contribution is -2.47. The lowest BCUT2D eigenvalue weighted by atomic mass is 10.1. The van der Waals surface area contributed by atoms with Gasteiger partial charge in [0.15, 0.2) is 0 Å². The van der Waals surface area contributed by atoms with Crippen LogP contribution in [0.1, 0.15) is 12.8 Å². The first-order chi connectivity index (χ1) is 10.5. The van der Waals surface area contributed by atoms with E-state index >= 15 is 0 Å². The number of sulfonamides is 1.